The zero-order valence-electron chi connectivity index (χ0n) is 13.4. The summed E-state index contributed by atoms with van der Waals surface area (Å²) in [6.07, 6.45) is 4.69. The lowest BCUT2D eigenvalue weighted by atomic mass is 9.99. The van der Waals surface area contributed by atoms with E-state index in [-0.39, 0.29) is 34.7 Å². The molecule has 0 aromatic heterocycles. The Labute approximate surface area is 148 Å². The molecule has 3 rings (SSSR count). The van der Waals surface area contributed by atoms with E-state index in [2.05, 4.69) is 5.32 Å². The molecule has 23 heavy (non-hydrogen) atoms. The van der Waals surface area contributed by atoms with Gasteiger partial charge in [-0.1, -0.05) is 18.2 Å². The number of likely N-dealkylation sites (N-methyl/N-ethyl adjacent to an activating group) is 1. The van der Waals surface area contributed by atoms with E-state index in [9.17, 15) is 4.79 Å². The predicted molar refractivity (Wildman–Crippen MR) is 96.4 cm³/mol. The molecule has 1 N–H and O–H groups in total. The first-order chi connectivity index (χ1) is 11.1. The maximum absolute atomic E-state index is 13.1. The summed E-state index contributed by atoms with van der Waals surface area (Å²) >= 11 is 12.6. The van der Waals surface area contributed by atoms with E-state index in [0.29, 0.717) is 0 Å². The third-order valence-electron chi connectivity index (χ3n) is 5.00. The fraction of sp³-hybridized carbons (Fsp3) is 0.611. The number of rotatable bonds is 4. The maximum Gasteiger partial charge on any atom is 0.231 e. The number of nitrogens with zero attached hydrogens (tertiary/aromatic N) is 1. The zero-order chi connectivity index (χ0) is 16.4. The van der Waals surface area contributed by atoms with Crippen LogP contribution in [0.3, 0.4) is 0 Å². The van der Waals surface area contributed by atoms with E-state index < -0.39 is 0 Å². The lowest BCUT2D eigenvalue weighted by Gasteiger charge is -2.37. The van der Waals surface area contributed by atoms with Crippen molar-refractivity contribution < 1.29 is 4.79 Å². The van der Waals surface area contributed by atoms with Gasteiger partial charge in [0.2, 0.25) is 5.91 Å². The number of nitrogens with one attached hydrogen (secondary N) is 1. The van der Waals surface area contributed by atoms with Crippen LogP contribution in [0.25, 0.3) is 0 Å². The second-order valence-electron chi connectivity index (χ2n) is 6.63. The number of anilines is 1. The summed E-state index contributed by atoms with van der Waals surface area (Å²) in [5.41, 5.74) is 0.964. The van der Waals surface area contributed by atoms with Crippen molar-refractivity contribution in [2.24, 2.45) is 5.92 Å². The van der Waals surface area contributed by atoms with Crippen LogP contribution in [0.4, 0.5) is 5.69 Å². The van der Waals surface area contributed by atoms with Crippen molar-refractivity contribution in [1.82, 2.24) is 5.32 Å². The molecule has 1 aromatic carbocycles. The molecule has 1 amide bonds. The van der Waals surface area contributed by atoms with Gasteiger partial charge in [-0.2, -0.15) is 0 Å². The van der Waals surface area contributed by atoms with Crippen LogP contribution >= 0.6 is 23.2 Å². The van der Waals surface area contributed by atoms with Crippen molar-refractivity contribution >= 4 is 34.8 Å². The average molecular weight is 355 g/mol. The molecule has 2 aliphatic carbocycles. The molecule has 2 saturated carbocycles. The van der Waals surface area contributed by atoms with Gasteiger partial charge in [-0.15, -0.1) is 23.2 Å². The van der Waals surface area contributed by atoms with E-state index in [1.54, 1.807) is 0 Å². The van der Waals surface area contributed by atoms with Gasteiger partial charge in [0.05, 0.1) is 12.0 Å². The molecule has 5 atom stereocenters. The molecule has 0 bridgehead atoms. The molecule has 3 unspecified atom stereocenters. The van der Waals surface area contributed by atoms with Gasteiger partial charge in [0, 0.05) is 22.5 Å². The number of halogens is 2. The molecule has 0 spiro atoms. The van der Waals surface area contributed by atoms with E-state index in [0.717, 1.165) is 37.8 Å². The van der Waals surface area contributed by atoms with Crippen molar-refractivity contribution in [3.8, 4) is 0 Å². The van der Waals surface area contributed by atoms with Gasteiger partial charge in [-0.3, -0.25) is 4.79 Å². The van der Waals surface area contributed by atoms with Crippen LogP contribution in [0.15, 0.2) is 30.3 Å². The number of hydrogen-bond acceptors (Lipinski definition) is 2. The van der Waals surface area contributed by atoms with E-state index >= 15 is 0 Å². The van der Waals surface area contributed by atoms with Gasteiger partial charge in [-0.25, -0.2) is 0 Å². The summed E-state index contributed by atoms with van der Waals surface area (Å²) in [7, 11) is 1.96. The Bertz CT molecular complexity index is 539. The number of carbonyl (C=O) groups excluding carboxylic acids is 1. The summed E-state index contributed by atoms with van der Waals surface area (Å²) < 4.78 is 0. The lowest BCUT2D eigenvalue weighted by molar-refractivity contribution is -0.120. The van der Waals surface area contributed by atoms with Crippen molar-refractivity contribution in [2.75, 3.05) is 11.9 Å². The molecular weight excluding hydrogens is 331 g/mol. The molecule has 2 fully saturated rings. The van der Waals surface area contributed by atoms with E-state index in [4.69, 9.17) is 23.2 Å². The summed E-state index contributed by atoms with van der Waals surface area (Å²) in [4.78, 5) is 15.0. The van der Waals surface area contributed by atoms with Crippen molar-refractivity contribution in [3.63, 3.8) is 0 Å². The summed E-state index contributed by atoms with van der Waals surface area (Å²) in [5, 5.41) is 3.56. The highest BCUT2D eigenvalue weighted by atomic mass is 35.5. The van der Waals surface area contributed by atoms with E-state index in [1.165, 1.54) is 0 Å². The topological polar surface area (TPSA) is 32.3 Å². The Morgan fingerprint density at radius 3 is 2.48 bits per heavy atom. The molecule has 0 aliphatic heterocycles. The number of benzene rings is 1. The minimum absolute atomic E-state index is 0.00620. The quantitative estimate of drug-likeness (QED) is 0.658. The van der Waals surface area contributed by atoms with Crippen LogP contribution in [0.5, 0.6) is 0 Å². The van der Waals surface area contributed by atoms with Gasteiger partial charge in [0.1, 0.15) is 0 Å². The molecule has 3 nitrogen and oxygen atoms in total. The lowest BCUT2D eigenvalue weighted by Crippen LogP contribution is -2.52. The summed E-state index contributed by atoms with van der Waals surface area (Å²) in [6, 6.07) is 10.3. The normalized spacial score (nSPS) is 33.8. The van der Waals surface area contributed by atoms with Crippen molar-refractivity contribution in [3.05, 3.63) is 30.3 Å². The maximum atomic E-state index is 13.1. The molecule has 0 heterocycles. The fourth-order valence-electron chi connectivity index (χ4n) is 3.59. The second-order valence-corrected chi connectivity index (χ2v) is 7.81. The predicted octanol–water partition coefficient (Wildman–Crippen LogP) is 3.78. The van der Waals surface area contributed by atoms with Gasteiger partial charge >= 0.3 is 0 Å². The molecular formula is C18H24Cl2N2O. The van der Waals surface area contributed by atoms with Crippen LogP contribution in [0.2, 0.25) is 0 Å². The fourth-order valence-corrected chi connectivity index (χ4v) is 4.23. The number of alkyl halides is 2. The van der Waals surface area contributed by atoms with Crippen LogP contribution < -0.4 is 10.2 Å². The van der Waals surface area contributed by atoms with Crippen molar-refractivity contribution in [1.29, 1.82) is 0 Å². The van der Waals surface area contributed by atoms with E-state index in [1.807, 2.05) is 42.3 Å². The number of hydrogen-bond donors (Lipinski definition) is 1. The molecule has 1 aromatic rings. The van der Waals surface area contributed by atoms with Crippen LogP contribution in [-0.2, 0) is 4.79 Å². The van der Waals surface area contributed by atoms with Crippen LogP contribution in [0, 0.1) is 5.92 Å². The molecule has 2 aliphatic rings. The van der Waals surface area contributed by atoms with Gasteiger partial charge in [0.15, 0.2) is 0 Å². The third-order valence-corrected chi connectivity index (χ3v) is 5.87. The average Bonchev–Trinajstić information content (AvgIpc) is 3.31. The number of carbonyl (C=O) groups is 1. The van der Waals surface area contributed by atoms with Crippen molar-refractivity contribution in [2.45, 2.75) is 54.9 Å². The molecule has 0 saturated heterocycles. The first-order valence-corrected chi connectivity index (χ1v) is 9.32. The van der Waals surface area contributed by atoms with Crippen LogP contribution in [-0.4, -0.2) is 35.8 Å². The highest BCUT2D eigenvalue weighted by Crippen LogP contribution is 2.40. The highest BCUT2D eigenvalue weighted by molar-refractivity contribution is 6.25. The molecule has 126 valence electrons. The Kier molecular flexibility index (Phi) is 5.50. The smallest absolute Gasteiger partial charge is 0.231 e. The molecule has 5 heteroatoms. The highest BCUT2D eigenvalue weighted by Gasteiger charge is 2.46. The van der Waals surface area contributed by atoms with Gasteiger partial charge in [0.25, 0.3) is 0 Å². The Hall–Kier alpha value is -0.770. The van der Waals surface area contributed by atoms with Gasteiger partial charge in [-0.05, 0) is 51.3 Å². The summed E-state index contributed by atoms with van der Waals surface area (Å²) in [5.74, 6) is 0.124. The largest absolute Gasteiger partial charge is 0.315 e. The third kappa shape index (κ3) is 3.84. The number of para-hydroxylation sites is 1. The standard InChI is InChI=1S/C18H24Cl2N2O/c1-21-16-10-12(19)6-5-9-17(16)22(13-7-3-2-4-8-13)18(23)14-11-15(14)20/h2-4,7-8,12,14-17,21H,5-6,9-11H2,1H3/t12?,14-,15-,16?,17?/m0/s1. The Morgan fingerprint density at radius 1 is 1.17 bits per heavy atom. The number of amides is 1. The van der Waals surface area contributed by atoms with Gasteiger partial charge < -0.3 is 10.2 Å². The zero-order valence-corrected chi connectivity index (χ0v) is 14.9. The summed E-state index contributed by atoms with van der Waals surface area (Å²) in [6.45, 7) is 0. The Balaban J connectivity index is 1.91. The molecule has 0 radical (unpaired) electrons. The minimum Gasteiger partial charge on any atom is -0.315 e. The van der Waals surface area contributed by atoms with Crippen LogP contribution in [0.1, 0.15) is 32.1 Å². The minimum atomic E-state index is -0.0376. The first-order valence-electron chi connectivity index (χ1n) is 8.45. The SMILES string of the molecule is CNC1CC(Cl)CCCC1N(C(=O)[C@H]1C[C@@H]1Cl)c1ccccc1. The monoisotopic (exact) mass is 354 g/mol. The second kappa shape index (κ2) is 7.42. The first kappa shape index (κ1) is 17.1. The Morgan fingerprint density at radius 2 is 1.87 bits per heavy atom.